The van der Waals surface area contributed by atoms with Gasteiger partial charge in [0, 0.05) is 17.9 Å². The lowest BCUT2D eigenvalue weighted by molar-refractivity contribution is 0.281. The highest BCUT2D eigenvalue weighted by molar-refractivity contribution is 5.78. The van der Waals surface area contributed by atoms with Gasteiger partial charge in [-0.3, -0.25) is 0 Å². The van der Waals surface area contributed by atoms with E-state index in [1.165, 1.54) is 27.8 Å². The molecule has 1 aliphatic rings. The molecule has 4 rings (SSSR count). The molecule has 2 heteroatoms. The second-order valence-electron chi connectivity index (χ2n) is 6.61. The van der Waals surface area contributed by atoms with Crippen LogP contribution in [0.1, 0.15) is 29.0 Å². The Morgan fingerprint density at radius 2 is 1.60 bits per heavy atom. The Bertz CT molecular complexity index is 857. The van der Waals surface area contributed by atoms with Gasteiger partial charge in [-0.2, -0.15) is 0 Å². The molecule has 0 saturated heterocycles. The second-order valence-corrected chi connectivity index (χ2v) is 6.61. The Morgan fingerprint density at radius 1 is 0.840 bits per heavy atom. The van der Waals surface area contributed by atoms with Gasteiger partial charge in [0.15, 0.2) is 0 Å². The molecular formula is C23H23NO. The molecule has 0 spiro atoms. The van der Waals surface area contributed by atoms with Crippen molar-refractivity contribution in [1.29, 1.82) is 0 Å². The normalized spacial score (nSPS) is 13.2. The average Bonchev–Trinajstić information content (AvgIpc) is 3.05. The van der Waals surface area contributed by atoms with Crippen LogP contribution in [-0.2, 0) is 6.42 Å². The third-order valence-corrected chi connectivity index (χ3v) is 5.03. The third kappa shape index (κ3) is 3.18. The first-order chi connectivity index (χ1) is 12.4. The van der Waals surface area contributed by atoms with Crippen LogP contribution in [0.4, 0.5) is 0 Å². The van der Waals surface area contributed by atoms with E-state index in [-0.39, 0.29) is 0 Å². The minimum atomic E-state index is 0.325. The van der Waals surface area contributed by atoms with Gasteiger partial charge < -0.3 is 10.5 Å². The maximum absolute atomic E-state index is 6.29. The molecule has 126 valence electrons. The van der Waals surface area contributed by atoms with Crippen molar-refractivity contribution in [1.82, 2.24) is 0 Å². The summed E-state index contributed by atoms with van der Waals surface area (Å²) in [6.45, 7) is 1.33. The van der Waals surface area contributed by atoms with Gasteiger partial charge in [-0.25, -0.2) is 0 Å². The lowest BCUT2D eigenvalue weighted by Crippen LogP contribution is -2.15. The lowest BCUT2D eigenvalue weighted by atomic mass is 9.96. The molecule has 2 nitrogen and oxygen atoms in total. The smallest absolute Gasteiger partial charge is 0.123 e. The van der Waals surface area contributed by atoms with Crippen molar-refractivity contribution in [2.75, 3.05) is 13.2 Å². The van der Waals surface area contributed by atoms with Crippen LogP contribution in [0.5, 0.6) is 5.75 Å². The van der Waals surface area contributed by atoms with Crippen LogP contribution in [0.3, 0.4) is 0 Å². The Hall–Kier alpha value is -2.58. The summed E-state index contributed by atoms with van der Waals surface area (Å²) >= 11 is 0. The monoisotopic (exact) mass is 329 g/mol. The maximum atomic E-state index is 6.29. The number of nitrogens with two attached hydrogens (primary N) is 1. The van der Waals surface area contributed by atoms with Gasteiger partial charge in [0.25, 0.3) is 0 Å². The van der Waals surface area contributed by atoms with E-state index in [4.69, 9.17) is 10.5 Å². The maximum Gasteiger partial charge on any atom is 0.123 e. The van der Waals surface area contributed by atoms with Crippen molar-refractivity contribution in [2.45, 2.75) is 18.8 Å². The summed E-state index contributed by atoms with van der Waals surface area (Å²) in [6, 6.07) is 25.5. The van der Waals surface area contributed by atoms with Crippen molar-refractivity contribution in [2.24, 2.45) is 5.73 Å². The van der Waals surface area contributed by atoms with Crippen LogP contribution in [-0.4, -0.2) is 13.2 Å². The molecule has 3 aromatic carbocycles. The van der Waals surface area contributed by atoms with Crippen molar-refractivity contribution < 1.29 is 4.74 Å². The van der Waals surface area contributed by atoms with Crippen LogP contribution in [0, 0.1) is 0 Å². The molecular weight excluding hydrogens is 306 g/mol. The van der Waals surface area contributed by atoms with E-state index in [1.807, 2.05) is 6.07 Å². The summed E-state index contributed by atoms with van der Waals surface area (Å²) in [5.74, 6) is 1.33. The minimum Gasteiger partial charge on any atom is -0.493 e. The van der Waals surface area contributed by atoms with Crippen LogP contribution >= 0.6 is 0 Å². The number of ether oxygens (including phenoxy) is 1. The summed E-state index contributed by atoms with van der Waals surface area (Å²) in [6.07, 6.45) is 1.88. The highest BCUT2D eigenvalue weighted by Gasteiger charge is 2.22. The highest BCUT2D eigenvalue weighted by atomic mass is 16.5. The quantitative estimate of drug-likeness (QED) is 0.553. The molecule has 0 aromatic heterocycles. The first-order valence-electron chi connectivity index (χ1n) is 8.95. The largest absolute Gasteiger partial charge is 0.493 e. The topological polar surface area (TPSA) is 35.2 Å². The molecule has 0 heterocycles. The molecule has 0 fully saturated rings. The SMILES string of the molecule is NCCC(COc1cccc2c1Cc1ccccc1-2)c1ccccc1. The van der Waals surface area contributed by atoms with Gasteiger partial charge in [-0.15, -0.1) is 0 Å². The molecule has 0 saturated carbocycles. The minimum absolute atomic E-state index is 0.325. The lowest BCUT2D eigenvalue weighted by Gasteiger charge is -2.19. The Kier molecular flexibility index (Phi) is 4.53. The first-order valence-corrected chi connectivity index (χ1v) is 8.95. The van der Waals surface area contributed by atoms with E-state index >= 15 is 0 Å². The molecule has 2 N–H and O–H groups in total. The van der Waals surface area contributed by atoms with Crippen molar-refractivity contribution in [3.8, 4) is 16.9 Å². The molecule has 0 radical (unpaired) electrons. The number of rotatable bonds is 6. The predicted molar refractivity (Wildman–Crippen MR) is 103 cm³/mol. The molecule has 25 heavy (non-hydrogen) atoms. The number of hydrogen-bond donors (Lipinski definition) is 1. The van der Waals surface area contributed by atoms with Gasteiger partial charge >= 0.3 is 0 Å². The molecule has 1 aliphatic carbocycles. The highest BCUT2D eigenvalue weighted by Crippen LogP contribution is 2.41. The zero-order valence-electron chi connectivity index (χ0n) is 14.3. The summed E-state index contributed by atoms with van der Waals surface area (Å²) in [5, 5.41) is 0. The van der Waals surface area contributed by atoms with Crippen LogP contribution < -0.4 is 10.5 Å². The average molecular weight is 329 g/mol. The van der Waals surface area contributed by atoms with E-state index in [9.17, 15) is 0 Å². The number of fused-ring (bicyclic) bond motifs is 3. The predicted octanol–water partition coefficient (Wildman–Crippen LogP) is 4.77. The Balaban J connectivity index is 1.56. The van der Waals surface area contributed by atoms with Gasteiger partial charge in [-0.05, 0) is 41.3 Å². The summed E-state index contributed by atoms with van der Waals surface area (Å²) in [4.78, 5) is 0. The fraction of sp³-hybridized carbons (Fsp3) is 0.217. The van der Waals surface area contributed by atoms with Crippen molar-refractivity contribution in [3.63, 3.8) is 0 Å². The fourth-order valence-corrected chi connectivity index (χ4v) is 3.73. The van der Waals surface area contributed by atoms with Gasteiger partial charge in [0.05, 0.1) is 6.61 Å². The van der Waals surface area contributed by atoms with E-state index < -0.39 is 0 Å². The van der Waals surface area contributed by atoms with E-state index in [0.717, 1.165) is 18.6 Å². The summed E-state index contributed by atoms with van der Waals surface area (Å²) in [7, 11) is 0. The number of benzene rings is 3. The van der Waals surface area contributed by atoms with Gasteiger partial charge in [0.1, 0.15) is 5.75 Å². The van der Waals surface area contributed by atoms with E-state index in [1.54, 1.807) is 0 Å². The van der Waals surface area contributed by atoms with Gasteiger partial charge in [0.2, 0.25) is 0 Å². The van der Waals surface area contributed by atoms with E-state index in [0.29, 0.717) is 19.1 Å². The van der Waals surface area contributed by atoms with E-state index in [2.05, 4.69) is 66.7 Å². The van der Waals surface area contributed by atoms with Crippen molar-refractivity contribution >= 4 is 0 Å². The standard InChI is InChI=1S/C23H23NO/c24-14-13-19(17-7-2-1-3-8-17)16-25-23-12-6-11-21-20-10-5-4-9-18(20)15-22(21)23/h1-12,19H,13-16,24H2. The van der Waals surface area contributed by atoms with Gasteiger partial charge in [-0.1, -0.05) is 66.7 Å². The molecule has 0 amide bonds. The van der Waals surface area contributed by atoms with Crippen molar-refractivity contribution in [3.05, 3.63) is 89.5 Å². The third-order valence-electron chi connectivity index (χ3n) is 5.03. The Labute approximate surface area is 149 Å². The fourth-order valence-electron chi connectivity index (χ4n) is 3.73. The molecule has 0 aliphatic heterocycles. The first kappa shape index (κ1) is 15.9. The zero-order chi connectivity index (χ0) is 17.1. The molecule has 1 atom stereocenters. The molecule has 1 unspecified atom stereocenters. The second kappa shape index (κ2) is 7.12. The van der Waals surface area contributed by atoms with Crippen LogP contribution in [0.25, 0.3) is 11.1 Å². The molecule has 3 aromatic rings. The molecule has 0 bridgehead atoms. The van der Waals surface area contributed by atoms with Crippen LogP contribution in [0.2, 0.25) is 0 Å². The zero-order valence-corrected chi connectivity index (χ0v) is 14.3. The summed E-state index contributed by atoms with van der Waals surface area (Å²) in [5.41, 5.74) is 12.5. The van der Waals surface area contributed by atoms with Crippen LogP contribution in [0.15, 0.2) is 72.8 Å². The summed E-state index contributed by atoms with van der Waals surface area (Å²) < 4.78 is 6.29. The number of hydrogen-bond acceptors (Lipinski definition) is 2. The Morgan fingerprint density at radius 3 is 2.44 bits per heavy atom.